The molecule has 2 N–H and O–H groups in total. The standard InChI is InChI=1S/C23H16ClN5OS2/c1-13-11-17-18(28-29(27-17)14-7-3-2-4-8-14)12-16(13)25-23(31)26-22(30)21-20(24)15-9-5-6-10-19(15)32-21/h2-12H,1H3,(H2,25,26,30,31). The Morgan fingerprint density at radius 2 is 1.72 bits per heavy atom. The third kappa shape index (κ3) is 3.84. The molecule has 2 aromatic heterocycles. The van der Waals surface area contributed by atoms with Crippen LogP contribution in [0.15, 0.2) is 66.7 Å². The van der Waals surface area contributed by atoms with Crippen LogP contribution in [-0.2, 0) is 0 Å². The molecule has 0 spiro atoms. The van der Waals surface area contributed by atoms with Crippen LogP contribution in [0.2, 0.25) is 5.02 Å². The molecule has 5 aromatic rings. The molecule has 0 aliphatic carbocycles. The Morgan fingerprint density at radius 1 is 1.03 bits per heavy atom. The average Bonchev–Trinajstić information content (AvgIpc) is 3.35. The van der Waals surface area contributed by atoms with E-state index in [1.165, 1.54) is 11.3 Å². The van der Waals surface area contributed by atoms with Gasteiger partial charge in [-0.2, -0.15) is 4.80 Å². The van der Waals surface area contributed by atoms with Crippen molar-refractivity contribution in [2.24, 2.45) is 0 Å². The minimum absolute atomic E-state index is 0.182. The van der Waals surface area contributed by atoms with Gasteiger partial charge in [-0.25, -0.2) is 0 Å². The van der Waals surface area contributed by atoms with Gasteiger partial charge in [-0.3, -0.25) is 10.1 Å². The number of thiocarbonyl (C=S) groups is 1. The van der Waals surface area contributed by atoms with Gasteiger partial charge in [0.1, 0.15) is 15.9 Å². The third-order valence-corrected chi connectivity index (χ3v) is 6.81. The first-order valence-electron chi connectivity index (χ1n) is 9.72. The van der Waals surface area contributed by atoms with Gasteiger partial charge in [-0.05, 0) is 55.0 Å². The number of nitrogens with one attached hydrogen (secondary N) is 2. The van der Waals surface area contributed by atoms with E-state index in [4.69, 9.17) is 23.8 Å². The lowest BCUT2D eigenvalue weighted by Gasteiger charge is -2.11. The van der Waals surface area contributed by atoms with E-state index in [0.29, 0.717) is 15.4 Å². The molecule has 1 amide bonds. The van der Waals surface area contributed by atoms with Gasteiger partial charge in [0.15, 0.2) is 5.11 Å². The molecule has 0 unspecified atom stereocenters. The van der Waals surface area contributed by atoms with E-state index in [1.54, 1.807) is 4.80 Å². The Bertz CT molecular complexity index is 1490. The van der Waals surface area contributed by atoms with Crippen molar-refractivity contribution in [2.45, 2.75) is 6.92 Å². The summed E-state index contributed by atoms with van der Waals surface area (Å²) in [5, 5.41) is 16.4. The Hall–Kier alpha value is -3.33. The molecule has 0 saturated heterocycles. The van der Waals surface area contributed by atoms with Crippen LogP contribution in [0.4, 0.5) is 5.69 Å². The lowest BCUT2D eigenvalue weighted by molar-refractivity contribution is 0.0982. The number of anilines is 1. The number of thiophene rings is 1. The maximum atomic E-state index is 12.8. The maximum Gasteiger partial charge on any atom is 0.269 e. The molecule has 0 aliphatic heterocycles. The number of aromatic nitrogens is 3. The van der Waals surface area contributed by atoms with Crippen molar-refractivity contribution in [3.8, 4) is 5.69 Å². The van der Waals surface area contributed by atoms with E-state index >= 15 is 0 Å². The van der Waals surface area contributed by atoms with Crippen molar-refractivity contribution in [1.82, 2.24) is 20.3 Å². The number of benzene rings is 3. The second-order valence-corrected chi connectivity index (χ2v) is 8.97. The quantitative estimate of drug-likeness (QED) is 0.325. The summed E-state index contributed by atoms with van der Waals surface area (Å²) < 4.78 is 0.948. The summed E-state index contributed by atoms with van der Waals surface area (Å²) in [6, 6.07) is 21.1. The normalized spacial score (nSPS) is 11.1. The summed E-state index contributed by atoms with van der Waals surface area (Å²) >= 11 is 13.1. The van der Waals surface area contributed by atoms with Crippen molar-refractivity contribution < 1.29 is 4.79 Å². The van der Waals surface area contributed by atoms with Crippen LogP contribution in [0.3, 0.4) is 0 Å². The topological polar surface area (TPSA) is 71.8 Å². The van der Waals surface area contributed by atoms with Gasteiger partial charge in [-0.1, -0.05) is 48.0 Å². The minimum atomic E-state index is -0.345. The number of carbonyl (C=O) groups is 1. The number of nitrogens with zero attached hydrogens (tertiary/aromatic N) is 3. The van der Waals surface area contributed by atoms with Gasteiger partial charge in [0.25, 0.3) is 5.91 Å². The Morgan fingerprint density at radius 3 is 2.47 bits per heavy atom. The third-order valence-electron chi connectivity index (χ3n) is 4.93. The molecular formula is C23H16ClN5OS2. The Balaban J connectivity index is 1.36. The number of fused-ring (bicyclic) bond motifs is 2. The molecule has 6 nitrogen and oxygen atoms in total. The van der Waals surface area contributed by atoms with E-state index in [-0.39, 0.29) is 11.0 Å². The van der Waals surface area contributed by atoms with Crippen LogP contribution in [-0.4, -0.2) is 26.0 Å². The molecule has 0 aliphatic rings. The number of para-hydroxylation sites is 1. The number of carbonyl (C=O) groups excluding carboxylic acids is 1. The van der Waals surface area contributed by atoms with Crippen molar-refractivity contribution in [2.75, 3.05) is 5.32 Å². The van der Waals surface area contributed by atoms with Crippen LogP contribution < -0.4 is 10.6 Å². The smallest absolute Gasteiger partial charge is 0.269 e. The van der Waals surface area contributed by atoms with E-state index < -0.39 is 0 Å². The van der Waals surface area contributed by atoms with E-state index in [1.807, 2.05) is 73.7 Å². The first kappa shape index (κ1) is 20.6. The summed E-state index contributed by atoms with van der Waals surface area (Å²) in [5.41, 5.74) is 4.02. The Kier molecular flexibility index (Phi) is 5.34. The first-order valence-corrected chi connectivity index (χ1v) is 11.3. The van der Waals surface area contributed by atoms with Crippen LogP contribution in [0.1, 0.15) is 15.2 Å². The minimum Gasteiger partial charge on any atom is -0.332 e. The highest BCUT2D eigenvalue weighted by Gasteiger charge is 2.18. The average molecular weight is 478 g/mol. The number of hydrogen-bond donors (Lipinski definition) is 2. The van der Waals surface area contributed by atoms with Crippen LogP contribution in [0, 0.1) is 6.92 Å². The van der Waals surface area contributed by atoms with E-state index in [9.17, 15) is 4.79 Å². The second-order valence-electron chi connectivity index (χ2n) is 7.13. The lowest BCUT2D eigenvalue weighted by Crippen LogP contribution is -2.34. The van der Waals surface area contributed by atoms with Crippen molar-refractivity contribution >= 4 is 73.0 Å². The number of amides is 1. The van der Waals surface area contributed by atoms with E-state index in [0.717, 1.165) is 32.5 Å². The van der Waals surface area contributed by atoms with Crippen molar-refractivity contribution in [3.63, 3.8) is 0 Å². The van der Waals surface area contributed by atoms with Crippen LogP contribution in [0.25, 0.3) is 26.8 Å². The molecule has 0 saturated carbocycles. The molecule has 0 bridgehead atoms. The van der Waals surface area contributed by atoms with Crippen molar-refractivity contribution in [3.05, 3.63) is 82.2 Å². The van der Waals surface area contributed by atoms with E-state index in [2.05, 4.69) is 20.8 Å². The fraction of sp³-hybridized carbons (Fsp3) is 0.0435. The fourth-order valence-electron chi connectivity index (χ4n) is 3.35. The van der Waals surface area contributed by atoms with Gasteiger partial charge < -0.3 is 5.32 Å². The molecule has 2 heterocycles. The predicted octanol–water partition coefficient (Wildman–Crippen LogP) is 5.72. The van der Waals surface area contributed by atoms with Crippen LogP contribution in [0.5, 0.6) is 0 Å². The molecule has 9 heteroatoms. The maximum absolute atomic E-state index is 12.8. The number of rotatable bonds is 3. The zero-order valence-electron chi connectivity index (χ0n) is 16.8. The predicted molar refractivity (Wildman–Crippen MR) is 134 cm³/mol. The second kappa shape index (κ2) is 8.31. The van der Waals surface area contributed by atoms with Gasteiger partial charge in [-0.15, -0.1) is 21.5 Å². The van der Waals surface area contributed by atoms with Gasteiger partial charge in [0, 0.05) is 15.8 Å². The molecule has 3 aromatic carbocycles. The monoisotopic (exact) mass is 477 g/mol. The largest absolute Gasteiger partial charge is 0.332 e. The molecule has 0 radical (unpaired) electrons. The highest BCUT2D eigenvalue weighted by atomic mass is 35.5. The summed E-state index contributed by atoms with van der Waals surface area (Å²) in [5.74, 6) is -0.345. The highest BCUT2D eigenvalue weighted by Crippen LogP contribution is 2.35. The molecule has 0 fully saturated rings. The Labute approximate surface area is 197 Å². The van der Waals surface area contributed by atoms with Gasteiger partial charge in [0.05, 0.1) is 10.7 Å². The van der Waals surface area contributed by atoms with Crippen LogP contribution >= 0.6 is 35.2 Å². The number of halogens is 1. The van der Waals surface area contributed by atoms with Crippen molar-refractivity contribution in [1.29, 1.82) is 0 Å². The summed E-state index contributed by atoms with van der Waals surface area (Å²) in [7, 11) is 0. The fourth-order valence-corrected chi connectivity index (χ4v) is 4.97. The van der Waals surface area contributed by atoms with Gasteiger partial charge >= 0.3 is 0 Å². The summed E-state index contributed by atoms with van der Waals surface area (Å²) in [6.07, 6.45) is 0. The number of hydrogen-bond acceptors (Lipinski definition) is 5. The first-order chi connectivity index (χ1) is 15.5. The zero-order chi connectivity index (χ0) is 22.2. The highest BCUT2D eigenvalue weighted by molar-refractivity contribution is 7.80. The zero-order valence-corrected chi connectivity index (χ0v) is 19.2. The number of aryl methyl sites for hydroxylation is 1. The van der Waals surface area contributed by atoms with Gasteiger partial charge in [0.2, 0.25) is 0 Å². The summed E-state index contributed by atoms with van der Waals surface area (Å²) in [6.45, 7) is 1.94. The molecular weight excluding hydrogens is 462 g/mol. The SMILES string of the molecule is Cc1cc2nn(-c3ccccc3)nc2cc1NC(=S)NC(=O)c1sc2ccccc2c1Cl. The lowest BCUT2D eigenvalue weighted by atomic mass is 10.2. The molecule has 5 rings (SSSR count). The molecule has 32 heavy (non-hydrogen) atoms. The molecule has 0 atom stereocenters. The summed E-state index contributed by atoms with van der Waals surface area (Å²) in [4.78, 5) is 14.8. The molecule has 158 valence electrons.